The van der Waals surface area contributed by atoms with Gasteiger partial charge in [0.1, 0.15) is 0 Å². The molecular formula is C12H21NO3. The monoisotopic (exact) mass is 227 g/mol. The minimum absolute atomic E-state index is 0.214. The van der Waals surface area contributed by atoms with Crippen molar-refractivity contribution in [1.29, 1.82) is 0 Å². The Kier molecular flexibility index (Phi) is 3.50. The van der Waals surface area contributed by atoms with E-state index in [1.807, 2.05) is 6.92 Å². The summed E-state index contributed by atoms with van der Waals surface area (Å²) in [5, 5.41) is 12.0. The molecule has 2 atom stereocenters. The van der Waals surface area contributed by atoms with Crippen LogP contribution < -0.4 is 5.32 Å². The minimum Gasteiger partial charge on any atom is -0.481 e. The number of carbonyl (C=O) groups is 1. The van der Waals surface area contributed by atoms with Crippen molar-refractivity contribution in [2.45, 2.75) is 51.2 Å². The topological polar surface area (TPSA) is 58.6 Å². The molecular weight excluding hydrogens is 206 g/mol. The van der Waals surface area contributed by atoms with E-state index in [4.69, 9.17) is 9.84 Å². The predicted octanol–water partition coefficient (Wildman–Crippen LogP) is 1.40. The predicted molar refractivity (Wildman–Crippen MR) is 60.4 cm³/mol. The molecule has 2 saturated carbocycles. The first-order chi connectivity index (χ1) is 7.69. The SMILES string of the molecule is CCOC1CC(NCCC(=O)O)C12CCC2. The van der Waals surface area contributed by atoms with Gasteiger partial charge in [0.2, 0.25) is 0 Å². The van der Waals surface area contributed by atoms with Crippen LogP contribution in [0.1, 0.15) is 39.0 Å². The molecule has 2 fully saturated rings. The van der Waals surface area contributed by atoms with Crippen LogP contribution >= 0.6 is 0 Å². The smallest absolute Gasteiger partial charge is 0.304 e. The fourth-order valence-corrected chi connectivity index (χ4v) is 3.08. The normalized spacial score (nSPS) is 30.8. The largest absolute Gasteiger partial charge is 0.481 e. The van der Waals surface area contributed by atoms with Gasteiger partial charge in [0.05, 0.1) is 12.5 Å². The van der Waals surface area contributed by atoms with E-state index in [0.717, 1.165) is 13.0 Å². The van der Waals surface area contributed by atoms with Crippen LogP contribution in [0, 0.1) is 5.41 Å². The molecule has 2 unspecified atom stereocenters. The van der Waals surface area contributed by atoms with Crippen LogP contribution in [0.15, 0.2) is 0 Å². The second-order valence-electron chi connectivity index (χ2n) is 4.92. The molecule has 2 aliphatic rings. The van der Waals surface area contributed by atoms with Gasteiger partial charge in [-0.05, 0) is 26.2 Å². The van der Waals surface area contributed by atoms with E-state index in [2.05, 4.69) is 5.32 Å². The molecule has 0 aliphatic heterocycles. The van der Waals surface area contributed by atoms with Gasteiger partial charge in [0.15, 0.2) is 0 Å². The fourth-order valence-electron chi connectivity index (χ4n) is 3.08. The molecule has 0 aromatic rings. The number of ether oxygens (including phenoxy) is 1. The number of carboxylic acids is 1. The zero-order valence-electron chi connectivity index (χ0n) is 9.87. The molecule has 0 heterocycles. The molecule has 2 aliphatic carbocycles. The van der Waals surface area contributed by atoms with E-state index >= 15 is 0 Å². The number of nitrogens with one attached hydrogen (secondary N) is 1. The Morgan fingerprint density at radius 2 is 2.31 bits per heavy atom. The highest BCUT2D eigenvalue weighted by molar-refractivity contribution is 5.66. The van der Waals surface area contributed by atoms with Crippen molar-refractivity contribution in [2.75, 3.05) is 13.2 Å². The van der Waals surface area contributed by atoms with Crippen molar-refractivity contribution in [1.82, 2.24) is 5.32 Å². The van der Waals surface area contributed by atoms with Gasteiger partial charge >= 0.3 is 5.97 Å². The molecule has 4 heteroatoms. The van der Waals surface area contributed by atoms with Gasteiger partial charge in [-0.25, -0.2) is 0 Å². The Bertz CT molecular complexity index is 263. The van der Waals surface area contributed by atoms with Crippen LogP contribution in [-0.4, -0.2) is 36.4 Å². The number of hydrogen-bond acceptors (Lipinski definition) is 3. The molecule has 0 radical (unpaired) electrons. The second-order valence-corrected chi connectivity index (χ2v) is 4.92. The average molecular weight is 227 g/mol. The standard InChI is InChI=1S/C12H21NO3/c1-2-16-10-8-9(12(10)5-3-6-12)13-7-4-11(14)15/h9-10,13H,2-8H2,1H3,(H,14,15). The number of hydrogen-bond donors (Lipinski definition) is 2. The first kappa shape index (κ1) is 11.9. The van der Waals surface area contributed by atoms with Crippen LogP contribution in [0.4, 0.5) is 0 Å². The summed E-state index contributed by atoms with van der Waals surface area (Å²) in [6.45, 7) is 3.41. The fraction of sp³-hybridized carbons (Fsp3) is 0.917. The van der Waals surface area contributed by atoms with Crippen LogP contribution in [-0.2, 0) is 9.53 Å². The van der Waals surface area contributed by atoms with E-state index in [-0.39, 0.29) is 6.42 Å². The summed E-state index contributed by atoms with van der Waals surface area (Å²) in [6, 6.07) is 0.483. The first-order valence-electron chi connectivity index (χ1n) is 6.26. The Labute approximate surface area is 96.4 Å². The Morgan fingerprint density at radius 1 is 1.56 bits per heavy atom. The average Bonchev–Trinajstić information content (AvgIpc) is 2.12. The van der Waals surface area contributed by atoms with Crippen molar-refractivity contribution >= 4 is 5.97 Å². The van der Waals surface area contributed by atoms with E-state index < -0.39 is 5.97 Å². The van der Waals surface area contributed by atoms with Crippen LogP contribution in [0.3, 0.4) is 0 Å². The Morgan fingerprint density at radius 3 is 2.81 bits per heavy atom. The van der Waals surface area contributed by atoms with Crippen molar-refractivity contribution < 1.29 is 14.6 Å². The molecule has 0 bridgehead atoms. The lowest BCUT2D eigenvalue weighted by Crippen LogP contribution is -2.67. The van der Waals surface area contributed by atoms with Crippen LogP contribution in [0.2, 0.25) is 0 Å². The number of carboxylic acid groups (broad SMARTS) is 1. The summed E-state index contributed by atoms with van der Waals surface area (Å²) in [6.07, 6.45) is 5.44. The van der Waals surface area contributed by atoms with E-state index in [1.165, 1.54) is 19.3 Å². The molecule has 16 heavy (non-hydrogen) atoms. The molecule has 92 valence electrons. The molecule has 0 saturated heterocycles. The van der Waals surface area contributed by atoms with Gasteiger partial charge in [-0.3, -0.25) is 4.79 Å². The third-order valence-corrected chi connectivity index (χ3v) is 4.17. The lowest BCUT2D eigenvalue weighted by Gasteiger charge is -2.61. The number of aliphatic carboxylic acids is 1. The summed E-state index contributed by atoms with van der Waals surface area (Å²) in [4.78, 5) is 10.4. The van der Waals surface area contributed by atoms with Crippen molar-refractivity contribution in [3.05, 3.63) is 0 Å². The molecule has 1 spiro atoms. The molecule has 0 aromatic heterocycles. The van der Waals surface area contributed by atoms with Crippen molar-refractivity contribution in [3.63, 3.8) is 0 Å². The quantitative estimate of drug-likeness (QED) is 0.720. The summed E-state index contributed by atoms with van der Waals surface area (Å²) in [7, 11) is 0. The zero-order chi connectivity index (χ0) is 11.6. The Hall–Kier alpha value is -0.610. The lowest BCUT2D eigenvalue weighted by molar-refractivity contribution is -0.172. The summed E-state index contributed by atoms with van der Waals surface area (Å²) in [5.41, 5.74) is 0.342. The van der Waals surface area contributed by atoms with E-state index in [1.54, 1.807) is 0 Å². The molecule has 4 nitrogen and oxygen atoms in total. The highest BCUT2D eigenvalue weighted by atomic mass is 16.5. The lowest BCUT2D eigenvalue weighted by atomic mass is 9.51. The van der Waals surface area contributed by atoms with Gasteiger partial charge in [0.25, 0.3) is 0 Å². The number of rotatable bonds is 6. The zero-order valence-corrected chi connectivity index (χ0v) is 9.87. The Balaban J connectivity index is 1.77. The second kappa shape index (κ2) is 4.72. The third-order valence-electron chi connectivity index (χ3n) is 4.17. The third kappa shape index (κ3) is 1.96. The summed E-state index contributed by atoms with van der Waals surface area (Å²) < 4.78 is 5.74. The van der Waals surface area contributed by atoms with Gasteiger partial charge in [0, 0.05) is 24.6 Å². The van der Waals surface area contributed by atoms with Crippen LogP contribution in [0.5, 0.6) is 0 Å². The van der Waals surface area contributed by atoms with Gasteiger partial charge in [-0.15, -0.1) is 0 Å². The minimum atomic E-state index is -0.726. The van der Waals surface area contributed by atoms with Crippen molar-refractivity contribution in [2.24, 2.45) is 5.41 Å². The highest BCUT2D eigenvalue weighted by Crippen LogP contribution is 2.57. The maximum atomic E-state index is 10.4. The van der Waals surface area contributed by atoms with Gasteiger partial charge in [-0.1, -0.05) is 6.42 Å². The maximum Gasteiger partial charge on any atom is 0.304 e. The molecule has 2 rings (SSSR count). The van der Waals surface area contributed by atoms with Gasteiger partial charge < -0.3 is 15.2 Å². The van der Waals surface area contributed by atoms with Crippen molar-refractivity contribution in [3.8, 4) is 0 Å². The highest BCUT2D eigenvalue weighted by Gasteiger charge is 2.58. The molecule has 2 N–H and O–H groups in total. The maximum absolute atomic E-state index is 10.4. The molecule has 0 amide bonds. The van der Waals surface area contributed by atoms with E-state index in [9.17, 15) is 4.79 Å². The first-order valence-corrected chi connectivity index (χ1v) is 6.26. The van der Waals surface area contributed by atoms with E-state index in [0.29, 0.717) is 24.1 Å². The van der Waals surface area contributed by atoms with Crippen LogP contribution in [0.25, 0.3) is 0 Å². The van der Waals surface area contributed by atoms with Gasteiger partial charge in [-0.2, -0.15) is 0 Å². The summed E-state index contributed by atoms with van der Waals surface area (Å²) in [5.74, 6) is -0.726. The molecule has 0 aromatic carbocycles. The summed E-state index contributed by atoms with van der Waals surface area (Å²) >= 11 is 0.